The Morgan fingerprint density at radius 2 is 1.35 bits per heavy atom. The van der Waals surface area contributed by atoms with Crippen LogP contribution in [0.4, 0.5) is 11.4 Å². The summed E-state index contributed by atoms with van der Waals surface area (Å²) >= 11 is 0. The highest BCUT2D eigenvalue weighted by molar-refractivity contribution is 5.93. The molecule has 1 fully saturated rings. The number of aliphatic hydroxyl groups excluding tert-OH is 1. The molecule has 256 valence electrons. The molecule has 1 saturated heterocycles. The molecule has 0 saturated carbocycles. The second kappa shape index (κ2) is 19.9. The second-order valence-corrected chi connectivity index (χ2v) is 14.0. The van der Waals surface area contributed by atoms with Crippen molar-refractivity contribution < 1.29 is 14.4 Å². The molecule has 2 aromatic rings. The molecule has 0 radical (unpaired) electrons. The van der Waals surface area contributed by atoms with Gasteiger partial charge >= 0.3 is 0 Å². The number of hydrogen-bond acceptors (Lipinski definition) is 4. The van der Waals surface area contributed by atoms with Gasteiger partial charge in [0.25, 0.3) is 5.91 Å². The summed E-state index contributed by atoms with van der Waals surface area (Å²) in [7, 11) is 0. The molecule has 0 spiro atoms. The SMILES string of the molecule is C=C(Nc1c(C)cccc1C)C1CCCCN1CCCCCC[N+](CCCCC)(CCCCO)CC(=O)Nc1c(C)cccc1C. The summed E-state index contributed by atoms with van der Waals surface area (Å²) in [6, 6.07) is 13.0. The van der Waals surface area contributed by atoms with E-state index in [2.05, 4.69) is 87.1 Å². The van der Waals surface area contributed by atoms with E-state index >= 15 is 0 Å². The lowest BCUT2D eigenvalue weighted by atomic mass is 9.98. The largest absolute Gasteiger partial charge is 0.396 e. The van der Waals surface area contributed by atoms with Crippen molar-refractivity contribution in [2.75, 3.05) is 56.5 Å². The van der Waals surface area contributed by atoms with Gasteiger partial charge in [-0.1, -0.05) is 69.2 Å². The van der Waals surface area contributed by atoms with Crippen LogP contribution in [0.3, 0.4) is 0 Å². The zero-order valence-corrected chi connectivity index (χ0v) is 29.9. The Morgan fingerprint density at radius 1 is 0.804 bits per heavy atom. The number of carbonyl (C=O) groups excluding carboxylic acids is 1. The van der Waals surface area contributed by atoms with Gasteiger partial charge in [0.1, 0.15) is 0 Å². The normalized spacial score (nSPS) is 16.6. The Labute approximate surface area is 281 Å². The lowest BCUT2D eigenvalue weighted by molar-refractivity contribution is -0.921. The number of aryl methyl sites for hydroxylation is 4. The molecule has 1 amide bonds. The van der Waals surface area contributed by atoms with Crippen LogP contribution < -0.4 is 10.6 Å². The van der Waals surface area contributed by atoms with Gasteiger partial charge in [0.2, 0.25) is 0 Å². The third kappa shape index (κ3) is 11.8. The van der Waals surface area contributed by atoms with Crippen LogP contribution in [-0.4, -0.2) is 72.3 Å². The lowest BCUT2D eigenvalue weighted by Crippen LogP contribution is -2.54. The molecule has 2 unspecified atom stereocenters. The number of unbranched alkanes of at least 4 members (excludes halogenated alkanes) is 6. The van der Waals surface area contributed by atoms with Crippen molar-refractivity contribution in [3.8, 4) is 0 Å². The Bertz CT molecular complexity index is 1180. The van der Waals surface area contributed by atoms with Crippen molar-refractivity contribution in [2.45, 2.75) is 118 Å². The number of amides is 1. The highest BCUT2D eigenvalue weighted by Gasteiger charge is 2.30. The average molecular weight is 634 g/mol. The molecular formula is C40H65N4O2+. The van der Waals surface area contributed by atoms with Gasteiger partial charge in [0, 0.05) is 29.7 Å². The number of likely N-dealkylation sites (tertiary alicyclic amines) is 1. The smallest absolute Gasteiger partial charge is 0.279 e. The van der Waals surface area contributed by atoms with Gasteiger partial charge in [-0.25, -0.2) is 0 Å². The minimum Gasteiger partial charge on any atom is -0.396 e. The Hall–Kier alpha value is -2.67. The number of nitrogens with zero attached hydrogens (tertiary/aromatic N) is 2. The fourth-order valence-corrected chi connectivity index (χ4v) is 7.35. The van der Waals surface area contributed by atoms with E-state index < -0.39 is 0 Å². The van der Waals surface area contributed by atoms with Crippen molar-refractivity contribution >= 4 is 17.3 Å². The number of rotatable bonds is 21. The number of quaternary nitrogens is 1. The van der Waals surface area contributed by atoms with E-state index in [0.29, 0.717) is 12.6 Å². The minimum absolute atomic E-state index is 0.115. The lowest BCUT2D eigenvalue weighted by Gasteiger charge is -2.39. The maximum atomic E-state index is 13.6. The van der Waals surface area contributed by atoms with Crippen LogP contribution in [0.2, 0.25) is 0 Å². The third-order valence-corrected chi connectivity index (χ3v) is 10.1. The molecule has 1 heterocycles. The molecule has 1 aliphatic rings. The van der Waals surface area contributed by atoms with Crippen molar-refractivity contribution in [1.29, 1.82) is 0 Å². The summed E-state index contributed by atoms with van der Waals surface area (Å²) in [4.78, 5) is 16.2. The summed E-state index contributed by atoms with van der Waals surface area (Å²) in [5.74, 6) is 0.115. The second-order valence-electron chi connectivity index (χ2n) is 14.0. The summed E-state index contributed by atoms with van der Waals surface area (Å²) < 4.78 is 0.828. The fourth-order valence-electron chi connectivity index (χ4n) is 7.35. The van der Waals surface area contributed by atoms with E-state index in [1.54, 1.807) is 0 Å². The van der Waals surface area contributed by atoms with Gasteiger partial charge in [-0.15, -0.1) is 0 Å². The molecule has 6 nitrogen and oxygen atoms in total. The molecule has 0 bridgehead atoms. The summed E-state index contributed by atoms with van der Waals surface area (Å²) in [6.45, 7) is 21.2. The first-order valence-electron chi connectivity index (χ1n) is 18.3. The Morgan fingerprint density at radius 3 is 1.93 bits per heavy atom. The summed E-state index contributed by atoms with van der Waals surface area (Å²) in [5.41, 5.74) is 8.06. The molecule has 0 aromatic heterocycles. The number of anilines is 2. The van der Waals surface area contributed by atoms with Gasteiger partial charge in [0.05, 0.1) is 19.6 Å². The van der Waals surface area contributed by atoms with Crippen molar-refractivity contribution in [3.63, 3.8) is 0 Å². The van der Waals surface area contributed by atoms with E-state index in [1.165, 1.54) is 68.2 Å². The first-order valence-corrected chi connectivity index (χ1v) is 18.3. The summed E-state index contributed by atoms with van der Waals surface area (Å²) in [5, 5.41) is 16.5. The highest BCUT2D eigenvalue weighted by Crippen LogP contribution is 2.28. The topological polar surface area (TPSA) is 64.6 Å². The van der Waals surface area contributed by atoms with E-state index in [-0.39, 0.29) is 12.5 Å². The van der Waals surface area contributed by atoms with Gasteiger partial charge < -0.3 is 20.2 Å². The maximum absolute atomic E-state index is 13.6. The first-order chi connectivity index (χ1) is 22.2. The quantitative estimate of drug-likeness (QED) is 0.0951. The Kier molecular flexibility index (Phi) is 16.3. The number of para-hydroxylation sites is 2. The third-order valence-electron chi connectivity index (χ3n) is 10.1. The van der Waals surface area contributed by atoms with E-state index in [0.717, 1.165) is 85.4 Å². The molecule has 3 rings (SSSR count). The van der Waals surface area contributed by atoms with E-state index in [4.69, 9.17) is 0 Å². The molecule has 6 heteroatoms. The van der Waals surface area contributed by atoms with Crippen LogP contribution in [0, 0.1) is 27.7 Å². The van der Waals surface area contributed by atoms with Gasteiger partial charge in [-0.2, -0.15) is 0 Å². The number of piperidine rings is 1. The van der Waals surface area contributed by atoms with Crippen LogP contribution in [-0.2, 0) is 4.79 Å². The predicted molar refractivity (Wildman–Crippen MR) is 196 cm³/mol. The maximum Gasteiger partial charge on any atom is 0.279 e. The molecule has 2 aromatic carbocycles. The predicted octanol–water partition coefficient (Wildman–Crippen LogP) is 8.68. The minimum atomic E-state index is 0.115. The van der Waals surface area contributed by atoms with Gasteiger partial charge in [0.15, 0.2) is 6.54 Å². The molecule has 0 aliphatic carbocycles. The summed E-state index contributed by atoms with van der Waals surface area (Å²) in [6.07, 6.45) is 13.7. The van der Waals surface area contributed by atoms with Gasteiger partial charge in [-0.3, -0.25) is 9.69 Å². The molecule has 46 heavy (non-hydrogen) atoms. The van der Waals surface area contributed by atoms with Crippen molar-refractivity contribution in [3.05, 3.63) is 70.9 Å². The molecule has 2 atom stereocenters. The highest BCUT2D eigenvalue weighted by atomic mass is 16.3. The molecular weight excluding hydrogens is 568 g/mol. The monoisotopic (exact) mass is 634 g/mol. The first kappa shape index (κ1) is 37.8. The van der Waals surface area contributed by atoms with E-state index in [9.17, 15) is 9.90 Å². The number of benzene rings is 2. The fraction of sp³-hybridized carbons (Fsp3) is 0.625. The standard InChI is InChI=1S/C40H64N4O2/c1-7-8-14-27-44(29-16-17-30-45,31-38(46)42-40-34(4)22-19-23-35(40)5)28-15-10-9-12-25-43-26-13-11-24-37(43)36(6)41-39-32(2)20-18-21-33(39)3/h18-23,37,41,45H,6-17,24-31H2,1-5H3/p+1. The van der Waals surface area contributed by atoms with Crippen LogP contribution in [0.15, 0.2) is 48.7 Å². The number of aliphatic hydroxyl groups is 1. The Balaban J connectivity index is 1.56. The molecule has 1 aliphatic heterocycles. The zero-order chi connectivity index (χ0) is 33.4. The van der Waals surface area contributed by atoms with Gasteiger partial charge in [-0.05, 0) is 121 Å². The van der Waals surface area contributed by atoms with Crippen LogP contribution in [0.1, 0.15) is 106 Å². The zero-order valence-electron chi connectivity index (χ0n) is 29.9. The average Bonchev–Trinajstić information content (AvgIpc) is 3.03. The number of carbonyl (C=O) groups is 1. The van der Waals surface area contributed by atoms with Crippen LogP contribution in [0.25, 0.3) is 0 Å². The van der Waals surface area contributed by atoms with E-state index in [1.807, 2.05) is 6.07 Å². The number of nitrogens with one attached hydrogen (secondary N) is 2. The van der Waals surface area contributed by atoms with Crippen LogP contribution >= 0.6 is 0 Å². The molecule has 3 N–H and O–H groups in total. The van der Waals surface area contributed by atoms with Crippen molar-refractivity contribution in [1.82, 2.24) is 4.90 Å². The van der Waals surface area contributed by atoms with Crippen molar-refractivity contribution in [2.24, 2.45) is 0 Å². The van der Waals surface area contributed by atoms with Crippen LogP contribution in [0.5, 0.6) is 0 Å². The number of hydrogen-bond donors (Lipinski definition) is 3.